The zero-order valence-corrected chi connectivity index (χ0v) is 12.3. The highest BCUT2D eigenvalue weighted by atomic mass is 16.2. The van der Waals surface area contributed by atoms with Crippen LogP contribution >= 0.6 is 0 Å². The van der Waals surface area contributed by atoms with Gasteiger partial charge in [-0.05, 0) is 46.2 Å². The molecule has 0 saturated carbocycles. The lowest BCUT2D eigenvalue weighted by Crippen LogP contribution is -2.57. The van der Waals surface area contributed by atoms with E-state index in [1.165, 1.54) is 0 Å². The molecule has 1 fully saturated rings. The van der Waals surface area contributed by atoms with E-state index in [1.807, 2.05) is 13.8 Å². The highest BCUT2D eigenvalue weighted by molar-refractivity contribution is 5.92. The third-order valence-electron chi connectivity index (χ3n) is 3.75. The van der Waals surface area contributed by atoms with Gasteiger partial charge in [0.1, 0.15) is 6.04 Å². The summed E-state index contributed by atoms with van der Waals surface area (Å²) in [6.45, 7) is 7.62. The molecule has 3 atom stereocenters. The Kier molecular flexibility index (Phi) is 6.45. The third-order valence-corrected chi connectivity index (χ3v) is 3.75. The van der Waals surface area contributed by atoms with Crippen LogP contribution in [0.4, 0.5) is 0 Å². The number of rotatable bonds is 7. The van der Waals surface area contributed by atoms with Gasteiger partial charge < -0.3 is 11.1 Å². The summed E-state index contributed by atoms with van der Waals surface area (Å²) in [5.41, 5.74) is 5.70. The van der Waals surface area contributed by atoms with Gasteiger partial charge in [-0.25, -0.2) is 0 Å². The Morgan fingerprint density at radius 2 is 1.84 bits per heavy atom. The minimum atomic E-state index is -0.544. The lowest BCUT2D eigenvalue weighted by Gasteiger charge is -2.32. The number of carbonyl (C=O) groups is 2. The molecule has 0 aromatic rings. The number of nitrogens with zero attached hydrogens (tertiary/aromatic N) is 1. The molecule has 19 heavy (non-hydrogen) atoms. The number of hydrogen-bond donors (Lipinski definition) is 2. The normalized spacial score (nSPS) is 20.8. The van der Waals surface area contributed by atoms with Crippen LogP contribution < -0.4 is 11.1 Å². The Bertz CT molecular complexity index is 312. The van der Waals surface area contributed by atoms with Crippen LogP contribution in [-0.4, -0.2) is 47.8 Å². The van der Waals surface area contributed by atoms with Crippen LogP contribution in [0.25, 0.3) is 0 Å². The summed E-state index contributed by atoms with van der Waals surface area (Å²) in [5, 5.41) is 2.87. The molecule has 110 valence electrons. The Morgan fingerprint density at radius 3 is 2.32 bits per heavy atom. The first-order valence-corrected chi connectivity index (χ1v) is 7.30. The predicted octanol–water partition coefficient (Wildman–Crippen LogP) is 0.672. The third kappa shape index (κ3) is 4.58. The summed E-state index contributed by atoms with van der Waals surface area (Å²) in [7, 11) is 0. The molecule has 1 heterocycles. The molecule has 0 radical (unpaired) electrons. The second-order valence-electron chi connectivity index (χ2n) is 5.47. The van der Waals surface area contributed by atoms with Gasteiger partial charge in [0, 0.05) is 12.5 Å². The van der Waals surface area contributed by atoms with Crippen molar-refractivity contribution >= 4 is 11.7 Å². The van der Waals surface area contributed by atoms with E-state index < -0.39 is 12.1 Å². The van der Waals surface area contributed by atoms with E-state index in [2.05, 4.69) is 10.2 Å². The number of nitrogens with one attached hydrogen (secondary N) is 1. The van der Waals surface area contributed by atoms with Gasteiger partial charge in [0.15, 0.2) is 5.78 Å². The fourth-order valence-corrected chi connectivity index (χ4v) is 2.55. The second-order valence-corrected chi connectivity index (χ2v) is 5.47. The highest BCUT2D eigenvalue weighted by Crippen LogP contribution is 2.15. The predicted molar refractivity (Wildman–Crippen MR) is 75.8 cm³/mol. The Morgan fingerprint density at radius 1 is 1.26 bits per heavy atom. The zero-order valence-electron chi connectivity index (χ0n) is 12.3. The fourth-order valence-electron chi connectivity index (χ4n) is 2.55. The van der Waals surface area contributed by atoms with Gasteiger partial charge in [-0.1, -0.05) is 6.92 Å². The number of carbonyl (C=O) groups excluding carboxylic acids is 2. The maximum Gasteiger partial charge on any atom is 0.220 e. The zero-order chi connectivity index (χ0) is 14.4. The minimum absolute atomic E-state index is 0.0156. The summed E-state index contributed by atoms with van der Waals surface area (Å²) < 4.78 is 0. The Balaban J connectivity index is 2.72. The number of likely N-dealkylation sites (tertiary alicyclic amines) is 1. The molecule has 1 aliphatic heterocycles. The summed E-state index contributed by atoms with van der Waals surface area (Å²) in [6.07, 6.45) is 3.55. The molecule has 0 aromatic heterocycles. The van der Waals surface area contributed by atoms with Crippen LogP contribution in [0.2, 0.25) is 0 Å². The Labute approximate surface area is 115 Å². The molecule has 0 spiro atoms. The van der Waals surface area contributed by atoms with Crippen molar-refractivity contribution < 1.29 is 9.59 Å². The van der Waals surface area contributed by atoms with Crippen molar-refractivity contribution in [2.75, 3.05) is 13.1 Å². The van der Waals surface area contributed by atoms with Gasteiger partial charge in [0.25, 0.3) is 0 Å². The second kappa shape index (κ2) is 7.60. The van der Waals surface area contributed by atoms with E-state index in [1.54, 1.807) is 6.92 Å². The summed E-state index contributed by atoms with van der Waals surface area (Å²) in [4.78, 5) is 26.3. The van der Waals surface area contributed by atoms with Crippen molar-refractivity contribution in [2.24, 2.45) is 5.73 Å². The molecule has 1 rings (SSSR count). The van der Waals surface area contributed by atoms with Crippen molar-refractivity contribution in [3.8, 4) is 0 Å². The van der Waals surface area contributed by atoms with Crippen molar-refractivity contribution in [2.45, 2.75) is 64.6 Å². The average Bonchev–Trinajstić information content (AvgIpc) is 2.88. The van der Waals surface area contributed by atoms with Crippen molar-refractivity contribution in [3.63, 3.8) is 0 Å². The molecule has 5 nitrogen and oxygen atoms in total. The highest BCUT2D eigenvalue weighted by Gasteiger charge is 2.33. The molecule has 1 saturated heterocycles. The fraction of sp³-hybridized carbons (Fsp3) is 0.857. The van der Waals surface area contributed by atoms with Crippen molar-refractivity contribution in [1.82, 2.24) is 10.2 Å². The smallest absolute Gasteiger partial charge is 0.220 e. The topological polar surface area (TPSA) is 75.4 Å². The molecule has 5 heteroatoms. The number of amides is 1. The number of nitrogens with two attached hydrogens (primary N) is 1. The largest absolute Gasteiger partial charge is 0.345 e. The molecule has 1 aliphatic rings. The molecule has 1 amide bonds. The molecule has 3 N–H and O–H groups in total. The van der Waals surface area contributed by atoms with Crippen molar-refractivity contribution in [3.05, 3.63) is 0 Å². The first-order valence-electron chi connectivity index (χ1n) is 7.30. The number of ketones is 1. The van der Waals surface area contributed by atoms with Gasteiger partial charge in [-0.15, -0.1) is 0 Å². The lowest BCUT2D eigenvalue weighted by atomic mass is 9.99. The first kappa shape index (κ1) is 16.1. The van der Waals surface area contributed by atoms with E-state index in [4.69, 9.17) is 5.73 Å². The van der Waals surface area contributed by atoms with Crippen LogP contribution in [0.3, 0.4) is 0 Å². The molecule has 2 unspecified atom stereocenters. The minimum Gasteiger partial charge on any atom is -0.345 e. The van der Waals surface area contributed by atoms with Gasteiger partial charge in [-0.2, -0.15) is 0 Å². The molecular formula is C14H27N3O2. The van der Waals surface area contributed by atoms with E-state index in [0.29, 0.717) is 6.42 Å². The van der Waals surface area contributed by atoms with Gasteiger partial charge >= 0.3 is 0 Å². The number of Topliss-reactive ketones (excluding diaryl/α,β-unsaturated/α-hetero) is 1. The number of hydrogen-bond acceptors (Lipinski definition) is 4. The van der Waals surface area contributed by atoms with E-state index >= 15 is 0 Å². The maximum atomic E-state index is 12.2. The lowest BCUT2D eigenvalue weighted by molar-refractivity contribution is -0.129. The molecule has 0 bridgehead atoms. The van der Waals surface area contributed by atoms with E-state index in [-0.39, 0.29) is 17.7 Å². The summed E-state index contributed by atoms with van der Waals surface area (Å²) in [5.74, 6) is -0.142. The molecule has 0 aromatic carbocycles. The maximum absolute atomic E-state index is 12.2. The quantitative estimate of drug-likeness (QED) is 0.712. The molecule has 0 aliphatic carbocycles. The van der Waals surface area contributed by atoms with Crippen LogP contribution in [0, 0.1) is 0 Å². The van der Waals surface area contributed by atoms with Gasteiger partial charge in [0.05, 0.1) is 6.04 Å². The monoisotopic (exact) mass is 269 g/mol. The van der Waals surface area contributed by atoms with Crippen LogP contribution in [0.5, 0.6) is 0 Å². The molecular weight excluding hydrogens is 242 g/mol. The summed E-state index contributed by atoms with van der Waals surface area (Å²) >= 11 is 0. The SMILES string of the molecule is CCCC(=O)NC(C(=O)[C@H](C)N)C(C)N1CCCC1. The summed E-state index contributed by atoms with van der Waals surface area (Å²) in [6, 6.07) is -1.02. The average molecular weight is 269 g/mol. The van der Waals surface area contributed by atoms with E-state index in [0.717, 1.165) is 32.4 Å². The standard InChI is InChI=1S/C14H27N3O2/c1-4-7-12(18)16-13(14(19)10(2)15)11(3)17-8-5-6-9-17/h10-11,13H,4-9,15H2,1-3H3,(H,16,18)/t10-,11?,13?/m0/s1. The van der Waals surface area contributed by atoms with Crippen LogP contribution in [-0.2, 0) is 9.59 Å². The first-order chi connectivity index (χ1) is 8.97. The van der Waals surface area contributed by atoms with Crippen LogP contribution in [0.1, 0.15) is 46.5 Å². The Hall–Kier alpha value is -0.940. The van der Waals surface area contributed by atoms with Gasteiger partial charge in [-0.3, -0.25) is 14.5 Å². The van der Waals surface area contributed by atoms with Gasteiger partial charge in [0.2, 0.25) is 5.91 Å². The van der Waals surface area contributed by atoms with Crippen molar-refractivity contribution in [1.29, 1.82) is 0 Å². The van der Waals surface area contributed by atoms with Crippen LogP contribution in [0.15, 0.2) is 0 Å². The van der Waals surface area contributed by atoms with E-state index in [9.17, 15) is 9.59 Å².